The smallest absolute Gasteiger partial charge is 0.458 e. The van der Waals surface area contributed by atoms with Gasteiger partial charge in [-0.2, -0.15) is 0 Å². The highest BCUT2D eigenvalue weighted by atomic mass is 16.8. The molecule has 14 nitrogen and oxygen atoms in total. The molecule has 0 saturated carbocycles. The number of benzene rings is 1. The van der Waals surface area contributed by atoms with E-state index in [1.165, 1.54) is 0 Å². The molecule has 2 unspecified atom stereocenters. The molecule has 0 aliphatic carbocycles. The quantitative estimate of drug-likeness (QED) is 0.369. The van der Waals surface area contributed by atoms with Crippen LogP contribution < -0.4 is 11.5 Å². The molecule has 2 atom stereocenters. The second-order valence-corrected chi connectivity index (χ2v) is 6.47. The van der Waals surface area contributed by atoms with Gasteiger partial charge in [0.2, 0.25) is 11.8 Å². The first-order valence-corrected chi connectivity index (χ1v) is 8.94. The average Bonchev–Trinajstić information content (AvgIpc) is 3.36. The van der Waals surface area contributed by atoms with Crippen molar-refractivity contribution in [1.29, 1.82) is 0 Å². The highest BCUT2D eigenvalue weighted by molar-refractivity contribution is 6.11. The minimum atomic E-state index is -1.12. The topological polar surface area (TPSA) is 210 Å². The second kappa shape index (κ2) is 9.20. The lowest BCUT2D eigenvalue weighted by Gasteiger charge is -2.14. The van der Waals surface area contributed by atoms with Gasteiger partial charge in [-0.3, -0.25) is 9.59 Å². The predicted octanol–water partition coefficient (Wildman–Crippen LogP) is -0.731. The number of carbonyl (C=O) groups is 6. The van der Waals surface area contributed by atoms with Gasteiger partial charge in [-0.05, 0) is 12.1 Å². The number of primary amides is 2. The lowest BCUT2D eigenvalue weighted by Crippen LogP contribution is -2.27. The van der Waals surface area contributed by atoms with Crippen LogP contribution in [0.2, 0.25) is 0 Å². The van der Waals surface area contributed by atoms with E-state index in [-0.39, 0.29) is 13.2 Å². The third kappa shape index (κ3) is 5.03. The number of hydrogen-bond donors (Lipinski definition) is 2. The molecule has 14 heteroatoms. The molecule has 2 aliphatic rings. The molecular weight excluding hydrogens is 436 g/mol. The van der Waals surface area contributed by atoms with E-state index >= 15 is 0 Å². The molecule has 2 amide bonds. The van der Waals surface area contributed by atoms with E-state index in [1.807, 2.05) is 0 Å². The lowest BCUT2D eigenvalue weighted by molar-refractivity contribution is 0.0290. The molecule has 4 N–H and O–H groups in total. The summed E-state index contributed by atoms with van der Waals surface area (Å²) in [6.45, 7) is -1.10. The summed E-state index contributed by atoms with van der Waals surface area (Å²) in [5.74, 6) is -4.43. The molecule has 1 aromatic carbocycles. The first-order valence-electron chi connectivity index (χ1n) is 8.94. The fourth-order valence-electron chi connectivity index (χ4n) is 2.73. The van der Waals surface area contributed by atoms with Gasteiger partial charge in [-0.15, -0.1) is 0 Å². The summed E-state index contributed by atoms with van der Waals surface area (Å²) in [5.41, 5.74) is 8.77. The van der Waals surface area contributed by atoms with Crippen LogP contribution in [0.5, 0.6) is 0 Å². The Morgan fingerprint density at radius 1 is 0.750 bits per heavy atom. The predicted molar refractivity (Wildman–Crippen MR) is 96.5 cm³/mol. The number of amides is 2. The van der Waals surface area contributed by atoms with Crippen molar-refractivity contribution >= 4 is 36.1 Å². The Kier molecular flexibility index (Phi) is 6.42. The Labute approximate surface area is 178 Å². The first-order chi connectivity index (χ1) is 15.2. The summed E-state index contributed by atoms with van der Waals surface area (Å²) in [4.78, 5) is 70.5. The third-order valence-electron chi connectivity index (χ3n) is 4.23. The van der Waals surface area contributed by atoms with Crippen molar-refractivity contribution in [1.82, 2.24) is 0 Å². The summed E-state index contributed by atoms with van der Waals surface area (Å²) in [6, 6.07) is 1.72. The van der Waals surface area contributed by atoms with E-state index in [0.717, 1.165) is 12.1 Å². The van der Waals surface area contributed by atoms with E-state index in [9.17, 15) is 28.8 Å². The average molecular weight is 452 g/mol. The van der Waals surface area contributed by atoms with Crippen LogP contribution in [0.1, 0.15) is 41.4 Å². The number of nitrogens with two attached hydrogens (primary N) is 2. The number of carbonyl (C=O) groups excluding carboxylic acids is 6. The molecule has 2 saturated heterocycles. The van der Waals surface area contributed by atoms with Crippen LogP contribution in [0.15, 0.2) is 12.1 Å². The largest absolute Gasteiger partial charge is 0.508 e. The molecule has 2 heterocycles. The van der Waals surface area contributed by atoms with E-state index in [0.29, 0.717) is 0 Å². The number of esters is 2. The normalized spacial score (nSPS) is 19.2. The molecule has 0 aromatic heterocycles. The summed E-state index contributed by atoms with van der Waals surface area (Å²) in [5, 5.41) is 0. The van der Waals surface area contributed by atoms with Crippen LogP contribution in [-0.4, -0.2) is 74.7 Å². The van der Waals surface area contributed by atoms with Crippen molar-refractivity contribution in [2.24, 2.45) is 11.5 Å². The molecule has 1 aromatic rings. The van der Waals surface area contributed by atoms with E-state index in [4.69, 9.17) is 30.4 Å². The molecule has 0 radical (unpaired) electrons. The highest BCUT2D eigenvalue weighted by Crippen LogP contribution is 2.20. The maximum absolute atomic E-state index is 12.5. The van der Waals surface area contributed by atoms with Gasteiger partial charge in [0, 0.05) is 0 Å². The summed E-state index contributed by atoms with van der Waals surface area (Å²) < 4.78 is 28.5. The van der Waals surface area contributed by atoms with Crippen LogP contribution in [0, 0.1) is 0 Å². The molecular formula is C18H16N2O12. The van der Waals surface area contributed by atoms with Gasteiger partial charge in [0.1, 0.15) is 26.4 Å². The zero-order valence-electron chi connectivity index (χ0n) is 16.2. The van der Waals surface area contributed by atoms with Gasteiger partial charge in [0.25, 0.3) is 0 Å². The minimum absolute atomic E-state index is 0.145. The Morgan fingerprint density at radius 3 is 1.41 bits per heavy atom. The zero-order chi connectivity index (χ0) is 23.4. The van der Waals surface area contributed by atoms with Crippen molar-refractivity contribution in [2.75, 3.05) is 26.4 Å². The molecule has 0 bridgehead atoms. The maximum atomic E-state index is 12.5. The summed E-state index contributed by atoms with van der Waals surface area (Å²) >= 11 is 0. The maximum Gasteiger partial charge on any atom is 0.508 e. The molecule has 2 fully saturated rings. The summed E-state index contributed by atoms with van der Waals surface area (Å²) in [7, 11) is 0. The van der Waals surface area contributed by atoms with Crippen LogP contribution in [0.25, 0.3) is 0 Å². The van der Waals surface area contributed by atoms with Crippen molar-refractivity contribution in [3.05, 3.63) is 34.4 Å². The monoisotopic (exact) mass is 452 g/mol. The fourth-order valence-corrected chi connectivity index (χ4v) is 2.73. The SMILES string of the molecule is NC(=O)c1cc(C(=O)OCC2COC(=O)O2)c(C(N)=O)cc1C(=O)OCC1COC(=O)O1. The van der Waals surface area contributed by atoms with Gasteiger partial charge in [0.15, 0.2) is 12.2 Å². The standard InChI is InChI=1S/C18H16N2O12/c19-13(21)9-1-11(15(23)27-3-7-5-29-17(25)31-7)10(14(20)22)2-12(9)16(24)28-4-8-6-30-18(26)32-8/h1-2,7-8H,3-6H2,(H2,19,21)(H2,20,22). The van der Waals surface area contributed by atoms with Crippen LogP contribution >= 0.6 is 0 Å². The van der Waals surface area contributed by atoms with E-state index < -0.39 is 83.7 Å². The third-order valence-corrected chi connectivity index (χ3v) is 4.23. The van der Waals surface area contributed by atoms with Crippen LogP contribution in [0.4, 0.5) is 9.59 Å². The van der Waals surface area contributed by atoms with Gasteiger partial charge in [-0.25, -0.2) is 19.2 Å². The number of rotatable bonds is 8. The Bertz CT molecular complexity index is 924. The Balaban J connectivity index is 1.81. The molecule has 2 aliphatic heterocycles. The van der Waals surface area contributed by atoms with Crippen molar-refractivity contribution in [3.63, 3.8) is 0 Å². The molecule has 0 spiro atoms. The van der Waals surface area contributed by atoms with Crippen LogP contribution in [-0.2, 0) is 28.4 Å². The molecule has 3 rings (SSSR count). The Morgan fingerprint density at radius 2 is 1.12 bits per heavy atom. The van der Waals surface area contributed by atoms with Crippen molar-refractivity contribution in [3.8, 4) is 0 Å². The van der Waals surface area contributed by atoms with Gasteiger partial charge in [-0.1, -0.05) is 0 Å². The molecule has 32 heavy (non-hydrogen) atoms. The van der Waals surface area contributed by atoms with Gasteiger partial charge < -0.3 is 39.9 Å². The van der Waals surface area contributed by atoms with E-state index in [1.54, 1.807) is 0 Å². The number of cyclic esters (lactones) is 4. The minimum Gasteiger partial charge on any atom is -0.458 e. The van der Waals surface area contributed by atoms with Gasteiger partial charge >= 0.3 is 24.2 Å². The fraction of sp³-hybridized carbons (Fsp3) is 0.333. The van der Waals surface area contributed by atoms with Crippen LogP contribution in [0.3, 0.4) is 0 Å². The molecule has 170 valence electrons. The van der Waals surface area contributed by atoms with Gasteiger partial charge in [0.05, 0.1) is 22.3 Å². The highest BCUT2D eigenvalue weighted by Gasteiger charge is 2.30. The number of hydrogen-bond acceptors (Lipinski definition) is 12. The first kappa shape index (κ1) is 22.3. The lowest BCUT2D eigenvalue weighted by atomic mass is 9.97. The Hall–Kier alpha value is -4.36. The summed E-state index contributed by atoms with van der Waals surface area (Å²) in [6.07, 6.45) is -3.58. The zero-order valence-corrected chi connectivity index (χ0v) is 16.2. The number of ether oxygens (including phenoxy) is 6. The second-order valence-electron chi connectivity index (χ2n) is 6.47. The van der Waals surface area contributed by atoms with E-state index in [2.05, 4.69) is 9.47 Å². The van der Waals surface area contributed by atoms with Crippen molar-refractivity contribution in [2.45, 2.75) is 12.2 Å². The van der Waals surface area contributed by atoms with Crippen molar-refractivity contribution < 1.29 is 57.2 Å².